The van der Waals surface area contributed by atoms with Gasteiger partial charge < -0.3 is 4.90 Å². The minimum absolute atomic E-state index is 0.266. The molecule has 0 unspecified atom stereocenters. The summed E-state index contributed by atoms with van der Waals surface area (Å²) in [6, 6.07) is 17.4. The van der Waals surface area contributed by atoms with E-state index in [1.807, 2.05) is 24.4 Å². The topological polar surface area (TPSA) is 70.8 Å². The largest absolute Gasteiger partial charge is 0.369 e. The predicted molar refractivity (Wildman–Crippen MR) is 136 cm³/mol. The first-order valence-corrected chi connectivity index (χ1v) is 13.6. The maximum Gasteiger partial charge on any atom is 0.175 e. The Balaban J connectivity index is 1.50. The summed E-state index contributed by atoms with van der Waals surface area (Å²) < 4.78 is 38.2. The Morgan fingerprint density at radius 1 is 0.971 bits per heavy atom. The third-order valence-electron chi connectivity index (χ3n) is 6.52. The SMILES string of the molecule is CS(=O)(=O)c1ccc(-c2c(-c3cccc(N4CCN(CCCF)CC4)c3)ccn3ncnc23)cc1. The van der Waals surface area contributed by atoms with Crippen LogP contribution in [0.15, 0.2) is 72.0 Å². The lowest BCUT2D eigenvalue weighted by atomic mass is 9.95. The monoisotopic (exact) mass is 493 g/mol. The molecule has 182 valence electrons. The van der Waals surface area contributed by atoms with Crippen molar-refractivity contribution < 1.29 is 12.8 Å². The summed E-state index contributed by atoms with van der Waals surface area (Å²) in [6.45, 7) is 4.20. The van der Waals surface area contributed by atoms with Gasteiger partial charge >= 0.3 is 0 Å². The molecule has 0 amide bonds. The second kappa shape index (κ2) is 9.75. The van der Waals surface area contributed by atoms with Gasteiger partial charge in [-0.3, -0.25) is 9.29 Å². The summed E-state index contributed by atoms with van der Waals surface area (Å²) in [6.07, 6.45) is 5.21. The second-order valence-electron chi connectivity index (χ2n) is 8.85. The minimum Gasteiger partial charge on any atom is -0.369 e. The predicted octanol–water partition coefficient (Wildman–Crippen LogP) is 3.95. The smallest absolute Gasteiger partial charge is 0.175 e. The Bertz CT molecular complexity index is 1430. The molecule has 3 heterocycles. The summed E-state index contributed by atoms with van der Waals surface area (Å²) in [7, 11) is -3.28. The maximum absolute atomic E-state index is 12.5. The number of alkyl halides is 1. The standard InChI is InChI=1S/C26H28FN5O2S/c1-35(33,34)23-8-6-20(7-9-23)25-24(10-13-32-26(25)28-19-29-32)21-4-2-5-22(18-21)31-16-14-30(15-17-31)12-3-11-27/h2,4-10,13,18-19H,3,11-12,14-17H2,1H3. The minimum atomic E-state index is -3.28. The third kappa shape index (κ3) is 4.92. The maximum atomic E-state index is 12.5. The number of hydrogen-bond acceptors (Lipinski definition) is 6. The number of piperazine rings is 1. The van der Waals surface area contributed by atoms with E-state index in [9.17, 15) is 12.8 Å². The molecule has 0 saturated carbocycles. The zero-order valence-corrected chi connectivity index (χ0v) is 20.5. The number of sulfone groups is 1. The fourth-order valence-electron chi connectivity index (χ4n) is 4.66. The molecule has 0 aliphatic carbocycles. The fraction of sp³-hybridized carbons (Fsp3) is 0.308. The number of hydrogen-bond donors (Lipinski definition) is 0. The van der Waals surface area contributed by atoms with Crippen LogP contribution in [0.2, 0.25) is 0 Å². The molecule has 4 aromatic rings. The van der Waals surface area contributed by atoms with Gasteiger partial charge in [-0.2, -0.15) is 5.10 Å². The summed E-state index contributed by atoms with van der Waals surface area (Å²) in [5.74, 6) is 0. The van der Waals surface area contributed by atoms with E-state index in [-0.39, 0.29) is 11.6 Å². The molecule has 0 atom stereocenters. The lowest BCUT2D eigenvalue weighted by molar-refractivity contribution is 0.245. The Kier molecular flexibility index (Phi) is 6.53. The normalized spacial score (nSPS) is 15.1. The zero-order valence-electron chi connectivity index (χ0n) is 19.6. The van der Waals surface area contributed by atoms with E-state index in [0.29, 0.717) is 12.1 Å². The van der Waals surface area contributed by atoms with Gasteiger partial charge in [0.15, 0.2) is 15.5 Å². The van der Waals surface area contributed by atoms with Crippen molar-refractivity contribution in [3.8, 4) is 22.3 Å². The van der Waals surface area contributed by atoms with Gasteiger partial charge in [-0.1, -0.05) is 24.3 Å². The highest BCUT2D eigenvalue weighted by Crippen LogP contribution is 2.36. The highest BCUT2D eigenvalue weighted by Gasteiger charge is 2.19. The van der Waals surface area contributed by atoms with Crippen LogP contribution in [0.4, 0.5) is 10.1 Å². The van der Waals surface area contributed by atoms with Crippen LogP contribution in [-0.2, 0) is 9.84 Å². The number of benzene rings is 2. The molecule has 0 radical (unpaired) electrons. The van der Waals surface area contributed by atoms with Crippen molar-refractivity contribution in [2.24, 2.45) is 0 Å². The molecule has 7 nitrogen and oxygen atoms in total. The van der Waals surface area contributed by atoms with Gasteiger partial charge in [-0.05, 0) is 53.4 Å². The van der Waals surface area contributed by atoms with Gasteiger partial charge in [0.05, 0.1) is 11.6 Å². The third-order valence-corrected chi connectivity index (χ3v) is 7.65. The first-order chi connectivity index (χ1) is 16.9. The van der Waals surface area contributed by atoms with E-state index >= 15 is 0 Å². The van der Waals surface area contributed by atoms with Crippen molar-refractivity contribution in [1.29, 1.82) is 0 Å². The van der Waals surface area contributed by atoms with Crippen molar-refractivity contribution in [3.63, 3.8) is 0 Å². The van der Waals surface area contributed by atoms with Crippen LogP contribution in [0, 0.1) is 0 Å². The number of anilines is 1. The number of nitrogens with zero attached hydrogens (tertiary/aromatic N) is 5. The molecular formula is C26H28FN5O2S. The van der Waals surface area contributed by atoms with Crippen molar-refractivity contribution in [2.45, 2.75) is 11.3 Å². The Morgan fingerprint density at radius 2 is 1.74 bits per heavy atom. The summed E-state index contributed by atoms with van der Waals surface area (Å²) in [5, 5.41) is 4.29. The highest BCUT2D eigenvalue weighted by atomic mass is 32.2. The van der Waals surface area contributed by atoms with Crippen LogP contribution >= 0.6 is 0 Å². The number of rotatable bonds is 7. The first kappa shape index (κ1) is 23.4. The van der Waals surface area contributed by atoms with E-state index in [2.05, 4.69) is 44.1 Å². The molecule has 5 rings (SSSR count). The van der Waals surface area contributed by atoms with E-state index < -0.39 is 9.84 Å². The van der Waals surface area contributed by atoms with Gasteiger partial charge in [-0.25, -0.2) is 17.9 Å². The van der Waals surface area contributed by atoms with E-state index in [0.717, 1.165) is 60.7 Å². The molecule has 9 heteroatoms. The zero-order chi connectivity index (χ0) is 24.4. The number of halogens is 1. The van der Waals surface area contributed by atoms with Crippen LogP contribution in [0.5, 0.6) is 0 Å². The Hall–Kier alpha value is -3.30. The molecule has 1 saturated heterocycles. The average molecular weight is 494 g/mol. The summed E-state index contributed by atoms with van der Waals surface area (Å²) >= 11 is 0. The lowest BCUT2D eigenvalue weighted by Crippen LogP contribution is -2.46. The van der Waals surface area contributed by atoms with Crippen molar-refractivity contribution in [2.75, 3.05) is 50.6 Å². The van der Waals surface area contributed by atoms with Crippen LogP contribution in [0.3, 0.4) is 0 Å². The highest BCUT2D eigenvalue weighted by molar-refractivity contribution is 7.90. The van der Waals surface area contributed by atoms with Gasteiger partial charge in [0, 0.05) is 56.4 Å². The van der Waals surface area contributed by atoms with E-state index in [4.69, 9.17) is 0 Å². The molecular weight excluding hydrogens is 465 g/mol. The molecule has 2 aromatic carbocycles. The summed E-state index contributed by atoms with van der Waals surface area (Å²) in [4.78, 5) is 9.45. The van der Waals surface area contributed by atoms with E-state index in [1.54, 1.807) is 16.6 Å². The number of pyridine rings is 1. The van der Waals surface area contributed by atoms with E-state index in [1.165, 1.54) is 12.6 Å². The average Bonchev–Trinajstić information content (AvgIpc) is 3.36. The fourth-order valence-corrected chi connectivity index (χ4v) is 5.29. The van der Waals surface area contributed by atoms with Gasteiger partial charge in [0.25, 0.3) is 0 Å². The van der Waals surface area contributed by atoms with Crippen LogP contribution in [-0.4, -0.2) is 73.6 Å². The molecule has 1 aliphatic heterocycles. The lowest BCUT2D eigenvalue weighted by Gasteiger charge is -2.36. The summed E-state index contributed by atoms with van der Waals surface area (Å²) in [5.41, 5.74) is 5.68. The Morgan fingerprint density at radius 3 is 2.46 bits per heavy atom. The number of aromatic nitrogens is 3. The van der Waals surface area contributed by atoms with Crippen LogP contribution in [0.1, 0.15) is 6.42 Å². The van der Waals surface area contributed by atoms with Gasteiger partial charge in [-0.15, -0.1) is 0 Å². The van der Waals surface area contributed by atoms with Gasteiger partial charge in [0.2, 0.25) is 0 Å². The molecule has 0 bridgehead atoms. The molecule has 2 aromatic heterocycles. The van der Waals surface area contributed by atoms with Crippen molar-refractivity contribution >= 4 is 21.2 Å². The van der Waals surface area contributed by atoms with Crippen molar-refractivity contribution in [3.05, 3.63) is 67.1 Å². The van der Waals surface area contributed by atoms with Gasteiger partial charge in [0.1, 0.15) is 6.33 Å². The molecule has 35 heavy (non-hydrogen) atoms. The quantitative estimate of drug-likeness (QED) is 0.388. The Labute approximate surface area is 204 Å². The first-order valence-electron chi connectivity index (χ1n) is 11.7. The molecule has 0 spiro atoms. The van der Waals surface area contributed by atoms with Crippen LogP contribution < -0.4 is 4.90 Å². The number of fused-ring (bicyclic) bond motifs is 1. The molecule has 0 N–H and O–H groups in total. The molecule has 1 fully saturated rings. The van der Waals surface area contributed by atoms with Crippen molar-refractivity contribution in [1.82, 2.24) is 19.5 Å². The second-order valence-corrected chi connectivity index (χ2v) is 10.9. The van der Waals surface area contributed by atoms with Crippen LogP contribution in [0.25, 0.3) is 27.9 Å². The molecule has 1 aliphatic rings.